The molecule has 7 nitrogen and oxygen atoms in total. The first-order valence-electron chi connectivity index (χ1n) is 12.6. The van der Waals surface area contributed by atoms with Crippen LogP contribution in [-0.4, -0.2) is 41.7 Å². The molecular weight excluding hydrogens is 466 g/mol. The van der Waals surface area contributed by atoms with Crippen molar-refractivity contribution in [3.63, 3.8) is 0 Å². The third-order valence-corrected chi connectivity index (χ3v) is 5.99. The van der Waals surface area contributed by atoms with E-state index >= 15 is 0 Å². The second kappa shape index (κ2) is 11.3. The monoisotopic (exact) mass is 500 g/mol. The minimum Gasteiger partial charge on any atom is -0.490 e. The van der Waals surface area contributed by atoms with E-state index in [1.807, 2.05) is 75.4 Å². The van der Waals surface area contributed by atoms with Crippen LogP contribution in [0.1, 0.15) is 51.7 Å². The molecule has 0 aliphatic carbocycles. The fourth-order valence-corrected chi connectivity index (χ4v) is 4.11. The maximum atomic E-state index is 12.2. The van der Waals surface area contributed by atoms with E-state index in [4.69, 9.17) is 9.47 Å². The highest BCUT2D eigenvalue weighted by molar-refractivity contribution is 5.84. The van der Waals surface area contributed by atoms with Crippen molar-refractivity contribution in [2.75, 3.05) is 13.1 Å². The lowest BCUT2D eigenvalue weighted by atomic mass is 10.0. The fourth-order valence-electron chi connectivity index (χ4n) is 4.11. The largest absolute Gasteiger partial charge is 0.490 e. The van der Waals surface area contributed by atoms with Crippen LogP contribution in [0.2, 0.25) is 0 Å². The summed E-state index contributed by atoms with van der Waals surface area (Å²) in [7, 11) is 0. The Labute approximate surface area is 218 Å². The van der Waals surface area contributed by atoms with Gasteiger partial charge in [0.2, 0.25) is 5.91 Å². The van der Waals surface area contributed by atoms with E-state index < -0.39 is 5.60 Å². The van der Waals surface area contributed by atoms with Gasteiger partial charge in [0.25, 0.3) is 0 Å². The number of piperidine rings is 1. The average molecular weight is 501 g/mol. The van der Waals surface area contributed by atoms with Crippen LogP contribution in [0.4, 0.5) is 10.5 Å². The molecule has 7 heteroatoms. The van der Waals surface area contributed by atoms with Gasteiger partial charge < -0.3 is 19.7 Å². The Bertz CT molecular complexity index is 1320. The molecule has 1 fully saturated rings. The summed E-state index contributed by atoms with van der Waals surface area (Å²) < 4.78 is 11.6. The molecule has 3 aromatic carbocycles. The summed E-state index contributed by atoms with van der Waals surface area (Å²) >= 11 is 0. The van der Waals surface area contributed by atoms with Crippen molar-refractivity contribution in [1.82, 2.24) is 10.2 Å². The summed E-state index contributed by atoms with van der Waals surface area (Å²) in [4.78, 5) is 29.7. The molecular formula is C30H34N3O4+. The van der Waals surface area contributed by atoms with E-state index in [0.717, 1.165) is 46.2 Å². The molecule has 0 bridgehead atoms. The van der Waals surface area contributed by atoms with Crippen LogP contribution in [0.3, 0.4) is 0 Å². The standard InChI is InChI=1S/C30H33N3O4/c1-21(34)31-19-22-5-7-24-8-6-23(18-25(24)17-22)20-32-26-9-11-27(12-10-26)36-28-13-15-33(16-14-28)29(35)37-30(2,3)4/h5-12,17-18,28H,13-16,19H2,1-4H3/p+1. The summed E-state index contributed by atoms with van der Waals surface area (Å²) in [5.74, 6) is 0.737. The van der Waals surface area contributed by atoms with E-state index in [1.54, 1.807) is 4.90 Å². The SMILES string of the molecule is CC(=O)NCc1ccc2ccc(C#[N+]c3ccc(OC4CCN(C(=O)OC(C)(C)C)CC4)cc3)cc2c1. The molecule has 3 aromatic rings. The van der Waals surface area contributed by atoms with E-state index in [-0.39, 0.29) is 18.1 Å². The summed E-state index contributed by atoms with van der Waals surface area (Å²) in [5.41, 5.74) is 2.22. The molecule has 37 heavy (non-hydrogen) atoms. The van der Waals surface area contributed by atoms with Gasteiger partial charge in [0.1, 0.15) is 23.0 Å². The summed E-state index contributed by atoms with van der Waals surface area (Å²) in [6.45, 7) is 8.89. The van der Waals surface area contributed by atoms with Gasteiger partial charge in [0.05, 0.1) is 0 Å². The van der Waals surface area contributed by atoms with E-state index in [9.17, 15) is 9.59 Å². The number of carbonyl (C=O) groups excluding carboxylic acids is 2. The second-order valence-corrected chi connectivity index (χ2v) is 10.3. The van der Waals surface area contributed by atoms with Gasteiger partial charge in [-0.1, -0.05) is 18.2 Å². The highest BCUT2D eigenvalue weighted by atomic mass is 16.6. The Hall–Kier alpha value is -4.05. The Morgan fingerprint density at radius 1 is 1.00 bits per heavy atom. The lowest BCUT2D eigenvalue weighted by Crippen LogP contribution is -2.44. The average Bonchev–Trinajstić information content (AvgIpc) is 2.86. The molecule has 1 heterocycles. The predicted molar refractivity (Wildman–Crippen MR) is 145 cm³/mol. The third kappa shape index (κ3) is 7.71. The minimum absolute atomic E-state index is 0.0469. The van der Waals surface area contributed by atoms with Crippen LogP contribution in [0, 0.1) is 6.07 Å². The topological polar surface area (TPSA) is 72.2 Å². The van der Waals surface area contributed by atoms with Crippen LogP contribution >= 0.6 is 0 Å². The molecule has 0 radical (unpaired) electrons. The van der Waals surface area contributed by atoms with Crippen LogP contribution in [0.15, 0.2) is 60.7 Å². The van der Waals surface area contributed by atoms with Gasteiger partial charge in [-0.15, -0.1) is 0 Å². The molecule has 2 amide bonds. The molecule has 1 aliphatic rings. The number of amides is 2. The Morgan fingerprint density at radius 2 is 1.70 bits per heavy atom. The summed E-state index contributed by atoms with van der Waals surface area (Å²) in [6.07, 6.45) is 1.33. The first kappa shape index (κ1) is 26.0. The normalized spacial score (nSPS) is 14.0. The number of likely N-dealkylation sites (tertiary alicyclic amines) is 1. The number of carbonyl (C=O) groups is 2. The lowest BCUT2D eigenvalue weighted by molar-refractivity contribution is -0.119. The van der Waals surface area contributed by atoms with Crippen LogP contribution in [0.25, 0.3) is 15.6 Å². The van der Waals surface area contributed by atoms with Crippen LogP contribution < -0.4 is 10.1 Å². The quantitative estimate of drug-likeness (QED) is 0.459. The maximum Gasteiger partial charge on any atom is 0.410 e. The highest BCUT2D eigenvalue weighted by Gasteiger charge is 2.27. The second-order valence-electron chi connectivity index (χ2n) is 10.3. The van der Waals surface area contributed by atoms with Gasteiger partial charge in [-0.3, -0.25) is 4.79 Å². The van der Waals surface area contributed by atoms with Crippen LogP contribution in [0.5, 0.6) is 5.75 Å². The number of nitrogens with one attached hydrogen (secondary N) is 1. The molecule has 0 saturated carbocycles. The smallest absolute Gasteiger partial charge is 0.410 e. The number of rotatable bonds is 4. The first-order valence-corrected chi connectivity index (χ1v) is 12.6. The number of nitrogens with zero attached hydrogens (tertiary/aromatic N) is 2. The van der Waals surface area contributed by atoms with Crippen molar-refractivity contribution in [2.45, 2.75) is 58.8 Å². The summed E-state index contributed by atoms with van der Waals surface area (Å²) in [5, 5.41) is 5.02. The zero-order chi connectivity index (χ0) is 26.4. The van der Waals surface area contributed by atoms with E-state index in [0.29, 0.717) is 19.6 Å². The van der Waals surface area contributed by atoms with Gasteiger partial charge in [-0.25, -0.2) is 4.79 Å². The van der Waals surface area contributed by atoms with E-state index in [2.05, 4.69) is 22.3 Å². The number of hydrogen-bond acceptors (Lipinski definition) is 4. The molecule has 1 aliphatic heterocycles. The molecule has 0 unspecified atom stereocenters. The highest BCUT2D eigenvalue weighted by Crippen LogP contribution is 2.24. The van der Waals surface area contributed by atoms with Gasteiger partial charge in [0, 0.05) is 51.5 Å². The molecule has 0 spiro atoms. The van der Waals surface area contributed by atoms with Crippen molar-refractivity contribution in [3.05, 3.63) is 76.6 Å². The van der Waals surface area contributed by atoms with Gasteiger partial charge in [-0.05, 0) is 72.3 Å². The summed E-state index contributed by atoms with van der Waals surface area (Å²) in [6, 6.07) is 23.0. The maximum absolute atomic E-state index is 12.2. The van der Waals surface area contributed by atoms with Crippen molar-refractivity contribution in [3.8, 4) is 11.8 Å². The zero-order valence-corrected chi connectivity index (χ0v) is 21.9. The Morgan fingerprint density at radius 3 is 2.38 bits per heavy atom. The van der Waals surface area contributed by atoms with Gasteiger partial charge in [0.15, 0.2) is 0 Å². The Balaban J connectivity index is 1.33. The van der Waals surface area contributed by atoms with Gasteiger partial charge >= 0.3 is 17.8 Å². The van der Waals surface area contributed by atoms with Gasteiger partial charge in [-0.2, -0.15) is 0 Å². The number of ether oxygens (including phenoxy) is 2. The number of benzene rings is 3. The lowest BCUT2D eigenvalue weighted by Gasteiger charge is -2.33. The number of hydrogen-bond donors (Lipinski definition) is 1. The third-order valence-electron chi connectivity index (χ3n) is 5.99. The van der Waals surface area contributed by atoms with Crippen molar-refractivity contribution < 1.29 is 19.1 Å². The first-order chi connectivity index (χ1) is 17.6. The van der Waals surface area contributed by atoms with Crippen molar-refractivity contribution >= 4 is 28.5 Å². The molecule has 0 aromatic heterocycles. The molecule has 1 N–H and O–H groups in total. The molecule has 4 rings (SSSR count). The fraction of sp³-hybridized carbons (Fsp3) is 0.367. The minimum atomic E-state index is -0.488. The Kier molecular flexibility index (Phi) is 7.98. The molecule has 0 atom stereocenters. The number of fused-ring (bicyclic) bond motifs is 1. The molecule has 1 saturated heterocycles. The van der Waals surface area contributed by atoms with E-state index in [1.165, 1.54) is 6.92 Å². The van der Waals surface area contributed by atoms with Crippen LogP contribution in [-0.2, 0) is 16.1 Å². The predicted octanol–water partition coefficient (Wildman–Crippen LogP) is 6.27. The van der Waals surface area contributed by atoms with Crippen molar-refractivity contribution in [2.24, 2.45) is 0 Å². The van der Waals surface area contributed by atoms with Crippen molar-refractivity contribution in [1.29, 1.82) is 0 Å². The molecule has 192 valence electrons. The zero-order valence-electron chi connectivity index (χ0n) is 21.9.